The minimum atomic E-state index is -3.14. The number of carbonyl (C=O) groups excluding carboxylic acids is 1. The molecule has 1 fully saturated rings. The summed E-state index contributed by atoms with van der Waals surface area (Å²) in [4.78, 5) is 16.2. The van der Waals surface area contributed by atoms with Gasteiger partial charge in [0.2, 0.25) is 15.9 Å². The van der Waals surface area contributed by atoms with Crippen molar-refractivity contribution in [2.75, 3.05) is 19.3 Å². The van der Waals surface area contributed by atoms with Crippen LogP contribution in [-0.2, 0) is 21.4 Å². The van der Waals surface area contributed by atoms with E-state index in [1.165, 1.54) is 10.6 Å². The lowest BCUT2D eigenvalue weighted by Crippen LogP contribution is -2.45. The van der Waals surface area contributed by atoms with E-state index >= 15 is 0 Å². The van der Waals surface area contributed by atoms with Crippen molar-refractivity contribution in [3.05, 3.63) is 18.7 Å². The van der Waals surface area contributed by atoms with E-state index in [9.17, 15) is 13.2 Å². The van der Waals surface area contributed by atoms with Gasteiger partial charge in [0.1, 0.15) is 0 Å². The van der Waals surface area contributed by atoms with Gasteiger partial charge >= 0.3 is 0 Å². The molecule has 0 saturated carbocycles. The Kier molecular flexibility index (Phi) is 5.00. The maximum Gasteiger partial charge on any atom is 0.223 e. The van der Waals surface area contributed by atoms with E-state index in [0.717, 1.165) is 0 Å². The molecular formula is C13H22N4O3S. The Hall–Kier alpha value is -1.41. The van der Waals surface area contributed by atoms with Crippen LogP contribution in [-0.4, -0.2) is 53.6 Å². The summed E-state index contributed by atoms with van der Waals surface area (Å²) < 4.78 is 26.2. The fourth-order valence-corrected chi connectivity index (χ4v) is 3.44. The molecular weight excluding hydrogens is 292 g/mol. The van der Waals surface area contributed by atoms with Crippen molar-refractivity contribution in [3.63, 3.8) is 0 Å². The van der Waals surface area contributed by atoms with Crippen molar-refractivity contribution >= 4 is 15.9 Å². The average Bonchev–Trinajstić information content (AvgIpc) is 2.90. The summed E-state index contributed by atoms with van der Waals surface area (Å²) in [5, 5.41) is 2.99. The van der Waals surface area contributed by atoms with E-state index in [1.807, 2.05) is 17.7 Å². The molecule has 1 amide bonds. The summed E-state index contributed by atoms with van der Waals surface area (Å²) in [5.74, 6) is -0.0935. The maximum absolute atomic E-state index is 12.2. The number of sulfonamides is 1. The molecule has 0 radical (unpaired) electrons. The molecule has 0 bridgehead atoms. The van der Waals surface area contributed by atoms with Gasteiger partial charge in [0, 0.05) is 44.0 Å². The Bertz CT molecular complexity index is 562. The van der Waals surface area contributed by atoms with Crippen LogP contribution in [0.1, 0.15) is 19.8 Å². The largest absolute Gasteiger partial charge is 0.352 e. The summed E-state index contributed by atoms with van der Waals surface area (Å²) >= 11 is 0. The third kappa shape index (κ3) is 4.53. The topological polar surface area (TPSA) is 84.3 Å². The summed E-state index contributed by atoms with van der Waals surface area (Å²) in [7, 11) is -3.14. The SMILES string of the molecule is C[C@H](Cn1ccnc1)NC(=O)C1CCN(S(C)(=O)=O)CC1. The van der Waals surface area contributed by atoms with Gasteiger partial charge < -0.3 is 9.88 Å². The number of amides is 1. The molecule has 2 rings (SSSR count). The highest BCUT2D eigenvalue weighted by Gasteiger charge is 2.29. The number of nitrogens with one attached hydrogen (secondary N) is 1. The monoisotopic (exact) mass is 314 g/mol. The lowest BCUT2D eigenvalue weighted by atomic mass is 9.97. The number of piperidine rings is 1. The number of nitrogens with zero attached hydrogens (tertiary/aromatic N) is 3. The fraction of sp³-hybridized carbons (Fsp3) is 0.692. The van der Waals surface area contributed by atoms with Crippen LogP contribution in [0.2, 0.25) is 0 Å². The Morgan fingerprint density at radius 2 is 2.10 bits per heavy atom. The summed E-state index contributed by atoms with van der Waals surface area (Å²) in [6.45, 7) is 3.47. The molecule has 1 aromatic heterocycles. The second-order valence-corrected chi connectivity index (χ2v) is 7.59. The summed E-state index contributed by atoms with van der Waals surface area (Å²) in [6.07, 6.45) is 7.64. The fourth-order valence-electron chi connectivity index (χ4n) is 2.57. The smallest absolute Gasteiger partial charge is 0.223 e. The second-order valence-electron chi connectivity index (χ2n) is 5.61. The Morgan fingerprint density at radius 3 is 2.62 bits per heavy atom. The van der Waals surface area contributed by atoms with Crippen molar-refractivity contribution in [3.8, 4) is 0 Å². The minimum Gasteiger partial charge on any atom is -0.352 e. The van der Waals surface area contributed by atoms with E-state index < -0.39 is 10.0 Å². The van der Waals surface area contributed by atoms with Gasteiger partial charge in [-0.05, 0) is 19.8 Å². The van der Waals surface area contributed by atoms with Crippen LogP contribution >= 0.6 is 0 Å². The van der Waals surface area contributed by atoms with Gasteiger partial charge in [0.25, 0.3) is 0 Å². The highest BCUT2D eigenvalue weighted by Crippen LogP contribution is 2.19. The van der Waals surface area contributed by atoms with Gasteiger partial charge in [-0.15, -0.1) is 0 Å². The predicted molar refractivity (Wildman–Crippen MR) is 79.0 cm³/mol. The number of imidazole rings is 1. The van der Waals surface area contributed by atoms with Crippen LogP contribution < -0.4 is 5.32 Å². The first kappa shape index (κ1) is 16.0. The van der Waals surface area contributed by atoms with Crippen molar-refractivity contribution in [1.29, 1.82) is 0 Å². The third-order valence-electron chi connectivity index (χ3n) is 3.73. The molecule has 2 heterocycles. The van der Waals surface area contributed by atoms with Gasteiger partial charge in [-0.2, -0.15) is 0 Å². The second kappa shape index (κ2) is 6.57. The first-order valence-corrected chi connectivity index (χ1v) is 8.92. The molecule has 1 saturated heterocycles. The Morgan fingerprint density at radius 1 is 1.43 bits per heavy atom. The van der Waals surface area contributed by atoms with Gasteiger partial charge in [0.15, 0.2) is 0 Å². The molecule has 0 unspecified atom stereocenters. The number of hydrogen-bond acceptors (Lipinski definition) is 4. The van der Waals surface area contributed by atoms with Crippen LogP contribution in [0.3, 0.4) is 0 Å². The Balaban J connectivity index is 1.79. The molecule has 1 aliphatic rings. The highest BCUT2D eigenvalue weighted by atomic mass is 32.2. The molecule has 1 aliphatic heterocycles. The molecule has 0 aliphatic carbocycles. The average molecular weight is 314 g/mol. The first-order chi connectivity index (χ1) is 9.86. The summed E-state index contributed by atoms with van der Waals surface area (Å²) in [5.41, 5.74) is 0. The lowest BCUT2D eigenvalue weighted by molar-refractivity contribution is -0.126. The van der Waals surface area contributed by atoms with Crippen molar-refractivity contribution in [2.24, 2.45) is 5.92 Å². The lowest BCUT2D eigenvalue weighted by Gasteiger charge is -2.30. The van der Waals surface area contributed by atoms with Crippen LogP contribution in [0.25, 0.3) is 0 Å². The van der Waals surface area contributed by atoms with Crippen LogP contribution in [0.4, 0.5) is 0 Å². The highest BCUT2D eigenvalue weighted by molar-refractivity contribution is 7.88. The molecule has 21 heavy (non-hydrogen) atoms. The standard InChI is InChI=1S/C13H22N4O3S/c1-11(9-16-8-5-14-10-16)15-13(18)12-3-6-17(7-4-12)21(2,19)20/h5,8,10-12H,3-4,6-7,9H2,1-2H3,(H,15,18)/t11-/m1/s1. The van der Waals surface area contributed by atoms with E-state index in [1.54, 1.807) is 12.5 Å². The van der Waals surface area contributed by atoms with Crippen LogP contribution in [0.15, 0.2) is 18.7 Å². The molecule has 0 aromatic carbocycles. The van der Waals surface area contributed by atoms with E-state index in [-0.39, 0.29) is 17.9 Å². The third-order valence-corrected chi connectivity index (χ3v) is 5.03. The molecule has 1 aromatic rings. The van der Waals surface area contributed by atoms with Gasteiger partial charge in [-0.3, -0.25) is 4.79 Å². The molecule has 1 N–H and O–H groups in total. The number of hydrogen-bond donors (Lipinski definition) is 1. The zero-order valence-electron chi connectivity index (χ0n) is 12.4. The number of rotatable bonds is 5. The normalized spacial score (nSPS) is 19.3. The zero-order valence-corrected chi connectivity index (χ0v) is 13.2. The zero-order chi connectivity index (χ0) is 15.5. The molecule has 118 valence electrons. The van der Waals surface area contributed by atoms with E-state index in [4.69, 9.17) is 0 Å². The van der Waals surface area contributed by atoms with Crippen molar-refractivity contribution in [2.45, 2.75) is 32.4 Å². The Labute approximate surface area is 125 Å². The van der Waals surface area contributed by atoms with E-state index in [2.05, 4.69) is 10.3 Å². The molecule has 8 heteroatoms. The van der Waals surface area contributed by atoms with Crippen LogP contribution in [0, 0.1) is 5.92 Å². The van der Waals surface area contributed by atoms with Crippen molar-refractivity contribution in [1.82, 2.24) is 19.2 Å². The predicted octanol–water partition coefficient (Wildman–Crippen LogP) is 0.0594. The number of aromatic nitrogens is 2. The maximum atomic E-state index is 12.2. The molecule has 7 nitrogen and oxygen atoms in total. The first-order valence-electron chi connectivity index (χ1n) is 7.07. The molecule has 0 spiro atoms. The number of carbonyl (C=O) groups is 1. The minimum absolute atomic E-state index is 0.00997. The van der Waals surface area contributed by atoms with Gasteiger partial charge in [-0.1, -0.05) is 0 Å². The van der Waals surface area contributed by atoms with Gasteiger partial charge in [-0.25, -0.2) is 17.7 Å². The molecule has 1 atom stereocenters. The van der Waals surface area contributed by atoms with Crippen LogP contribution in [0.5, 0.6) is 0 Å². The quantitative estimate of drug-likeness (QED) is 0.833. The van der Waals surface area contributed by atoms with E-state index in [0.29, 0.717) is 32.5 Å². The van der Waals surface area contributed by atoms with Gasteiger partial charge in [0.05, 0.1) is 12.6 Å². The van der Waals surface area contributed by atoms with Crippen molar-refractivity contribution < 1.29 is 13.2 Å². The summed E-state index contributed by atoms with van der Waals surface area (Å²) in [6, 6.07) is 0.0136.